The lowest BCUT2D eigenvalue weighted by molar-refractivity contribution is -0.384. The number of nitrogens with one attached hydrogen (secondary N) is 1. The molecule has 3 rings (SSSR count). The van der Waals surface area contributed by atoms with E-state index in [0.29, 0.717) is 12.2 Å². The summed E-state index contributed by atoms with van der Waals surface area (Å²) in [6.07, 6.45) is 0. The van der Waals surface area contributed by atoms with Gasteiger partial charge in [0.2, 0.25) is 0 Å². The highest BCUT2D eigenvalue weighted by Crippen LogP contribution is 2.25. The first-order valence-electron chi connectivity index (χ1n) is 8.71. The van der Waals surface area contributed by atoms with Gasteiger partial charge in [-0.15, -0.1) is 0 Å². The van der Waals surface area contributed by atoms with Gasteiger partial charge in [-0.25, -0.2) is 0 Å². The van der Waals surface area contributed by atoms with Crippen molar-refractivity contribution >= 4 is 28.1 Å². The molecule has 0 spiro atoms. The number of hydrogen-bond acceptors (Lipinski definition) is 5. The van der Waals surface area contributed by atoms with Crippen LogP contribution in [0.15, 0.2) is 54.6 Å². The maximum absolute atomic E-state index is 12.9. The summed E-state index contributed by atoms with van der Waals surface area (Å²) >= 11 is 0. The molecule has 144 valence electrons. The van der Waals surface area contributed by atoms with Gasteiger partial charge in [0.1, 0.15) is 5.75 Å². The molecule has 3 aromatic carbocycles. The molecule has 7 nitrogen and oxygen atoms in total. The summed E-state index contributed by atoms with van der Waals surface area (Å²) < 4.78 is 5.24. The zero-order valence-corrected chi connectivity index (χ0v) is 15.9. The van der Waals surface area contributed by atoms with Crippen LogP contribution in [0, 0.1) is 10.1 Å². The molecule has 0 bridgehead atoms. The SMILES string of the molecule is CNc1ccc([N+](=O)[O-])cc1C(=O)N(C)Cc1ccc2cc(OC)ccc2c1. The van der Waals surface area contributed by atoms with E-state index in [9.17, 15) is 14.9 Å². The number of non-ortho nitro benzene ring substituents is 1. The van der Waals surface area contributed by atoms with E-state index in [1.54, 1.807) is 32.2 Å². The first-order chi connectivity index (χ1) is 13.4. The minimum absolute atomic E-state index is 0.115. The predicted octanol–water partition coefficient (Wildman–Crippen LogP) is 4.07. The second-order valence-corrected chi connectivity index (χ2v) is 6.45. The van der Waals surface area contributed by atoms with Crippen molar-refractivity contribution < 1.29 is 14.5 Å². The zero-order chi connectivity index (χ0) is 20.3. The second kappa shape index (κ2) is 7.96. The number of nitro groups is 1. The molecule has 0 saturated heterocycles. The summed E-state index contributed by atoms with van der Waals surface area (Å²) in [6, 6.07) is 16.0. The van der Waals surface area contributed by atoms with E-state index in [2.05, 4.69) is 5.32 Å². The van der Waals surface area contributed by atoms with E-state index in [1.807, 2.05) is 36.4 Å². The number of hydrogen-bond donors (Lipinski definition) is 1. The van der Waals surface area contributed by atoms with E-state index in [0.717, 1.165) is 22.1 Å². The summed E-state index contributed by atoms with van der Waals surface area (Å²) in [4.78, 5) is 25.0. The van der Waals surface area contributed by atoms with Gasteiger partial charge in [0.15, 0.2) is 0 Å². The average Bonchev–Trinajstić information content (AvgIpc) is 2.72. The molecule has 0 atom stereocenters. The number of nitro benzene ring substituents is 1. The molecule has 3 aromatic rings. The lowest BCUT2D eigenvalue weighted by Gasteiger charge is -2.19. The van der Waals surface area contributed by atoms with Crippen molar-refractivity contribution in [1.29, 1.82) is 0 Å². The molecule has 28 heavy (non-hydrogen) atoms. The highest BCUT2D eigenvalue weighted by Gasteiger charge is 2.19. The molecule has 0 heterocycles. The minimum atomic E-state index is -0.506. The number of carbonyl (C=O) groups is 1. The third-order valence-electron chi connectivity index (χ3n) is 4.59. The summed E-state index contributed by atoms with van der Waals surface area (Å²) in [5, 5.41) is 16.1. The molecule has 0 aromatic heterocycles. The number of ether oxygens (including phenoxy) is 1. The van der Waals surface area contributed by atoms with Crippen molar-refractivity contribution in [2.45, 2.75) is 6.54 Å². The number of carbonyl (C=O) groups excluding carboxylic acids is 1. The largest absolute Gasteiger partial charge is 0.497 e. The molecular formula is C21H21N3O4. The number of fused-ring (bicyclic) bond motifs is 1. The van der Waals surface area contributed by atoms with Gasteiger partial charge in [0.05, 0.1) is 17.6 Å². The average molecular weight is 379 g/mol. The Balaban J connectivity index is 1.85. The van der Waals surface area contributed by atoms with Gasteiger partial charge >= 0.3 is 0 Å². The molecular weight excluding hydrogens is 358 g/mol. The van der Waals surface area contributed by atoms with Crippen molar-refractivity contribution in [3.8, 4) is 5.75 Å². The molecule has 1 N–H and O–H groups in total. The quantitative estimate of drug-likeness (QED) is 0.515. The fourth-order valence-corrected chi connectivity index (χ4v) is 3.09. The summed E-state index contributed by atoms with van der Waals surface area (Å²) in [7, 11) is 4.98. The molecule has 7 heteroatoms. The summed E-state index contributed by atoms with van der Waals surface area (Å²) in [5.74, 6) is 0.501. The Morgan fingerprint density at radius 1 is 1.11 bits per heavy atom. The Hall–Kier alpha value is -3.61. The number of nitrogens with zero attached hydrogens (tertiary/aromatic N) is 2. The van der Waals surface area contributed by atoms with Crippen molar-refractivity contribution in [3.63, 3.8) is 0 Å². The van der Waals surface area contributed by atoms with Crippen LogP contribution in [0.2, 0.25) is 0 Å². The Kier molecular flexibility index (Phi) is 5.44. The standard InChI is InChI=1S/C21H21N3O4/c1-22-20-9-7-17(24(26)27)12-19(20)21(25)23(2)13-14-4-5-16-11-18(28-3)8-6-15(16)10-14/h4-12,22H,13H2,1-3H3. The number of amides is 1. The lowest BCUT2D eigenvalue weighted by Crippen LogP contribution is -2.27. The molecule has 0 fully saturated rings. The van der Waals surface area contributed by atoms with Crippen LogP contribution in [-0.4, -0.2) is 36.9 Å². The van der Waals surface area contributed by atoms with Crippen LogP contribution in [0.4, 0.5) is 11.4 Å². The number of methoxy groups -OCH3 is 1. The van der Waals surface area contributed by atoms with Crippen molar-refractivity contribution in [2.24, 2.45) is 0 Å². The minimum Gasteiger partial charge on any atom is -0.497 e. The molecule has 0 aliphatic carbocycles. The van der Waals surface area contributed by atoms with E-state index < -0.39 is 4.92 Å². The third kappa shape index (κ3) is 3.88. The molecule has 0 unspecified atom stereocenters. The van der Waals surface area contributed by atoms with E-state index in [-0.39, 0.29) is 17.2 Å². The van der Waals surface area contributed by atoms with Gasteiger partial charge in [-0.05, 0) is 40.6 Å². The van der Waals surface area contributed by atoms with Crippen LogP contribution in [0.1, 0.15) is 15.9 Å². The van der Waals surface area contributed by atoms with Crippen LogP contribution in [-0.2, 0) is 6.54 Å². The lowest BCUT2D eigenvalue weighted by atomic mass is 10.1. The molecule has 0 radical (unpaired) electrons. The Morgan fingerprint density at radius 2 is 1.82 bits per heavy atom. The Morgan fingerprint density at radius 3 is 2.50 bits per heavy atom. The highest BCUT2D eigenvalue weighted by atomic mass is 16.6. The number of anilines is 1. The van der Waals surface area contributed by atoms with Crippen LogP contribution in [0.3, 0.4) is 0 Å². The van der Waals surface area contributed by atoms with Gasteiger partial charge in [0, 0.05) is 38.5 Å². The van der Waals surface area contributed by atoms with Gasteiger partial charge in [-0.2, -0.15) is 0 Å². The van der Waals surface area contributed by atoms with Crippen molar-refractivity contribution in [2.75, 3.05) is 26.5 Å². The first-order valence-corrected chi connectivity index (χ1v) is 8.71. The number of benzene rings is 3. The van der Waals surface area contributed by atoms with E-state index in [4.69, 9.17) is 4.74 Å². The van der Waals surface area contributed by atoms with Crippen LogP contribution >= 0.6 is 0 Å². The summed E-state index contributed by atoms with van der Waals surface area (Å²) in [6.45, 7) is 0.382. The smallest absolute Gasteiger partial charge is 0.270 e. The van der Waals surface area contributed by atoms with Crippen molar-refractivity contribution in [1.82, 2.24) is 4.90 Å². The van der Waals surface area contributed by atoms with Gasteiger partial charge < -0.3 is 15.0 Å². The normalized spacial score (nSPS) is 10.5. The van der Waals surface area contributed by atoms with Gasteiger partial charge in [-0.1, -0.05) is 18.2 Å². The fourth-order valence-electron chi connectivity index (χ4n) is 3.09. The van der Waals surface area contributed by atoms with Crippen LogP contribution in [0.25, 0.3) is 10.8 Å². The maximum Gasteiger partial charge on any atom is 0.270 e. The van der Waals surface area contributed by atoms with Gasteiger partial charge in [0.25, 0.3) is 11.6 Å². The first kappa shape index (κ1) is 19.2. The topological polar surface area (TPSA) is 84.7 Å². The zero-order valence-electron chi connectivity index (χ0n) is 15.9. The van der Waals surface area contributed by atoms with E-state index in [1.165, 1.54) is 12.1 Å². The fraction of sp³-hybridized carbons (Fsp3) is 0.190. The molecule has 0 aliphatic rings. The van der Waals surface area contributed by atoms with Crippen molar-refractivity contribution in [3.05, 3.63) is 75.8 Å². The Bertz CT molecular complexity index is 1050. The van der Waals surface area contributed by atoms with Crippen LogP contribution < -0.4 is 10.1 Å². The highest BCUT2D eigenvalue weighted by molar-refractivity contribution is 6.00. The molecule has 0 saturated carbocycles. The Labute approximate surface area is 162 Å². The van der Waals surface area contributed by atoms with Gasteiger partial charge in [-0.3, -0.25) is 14.9 Å². The molecule has 0 aliphatic heterocycles. The third-order valence-corrected chi connectivity index (χ3v) is 4.59. The predicted molar refractivity (Wildman–Crippen MR) is 109 cm³/mol. The van der Waals surface area contributed by atoms with E-state index >= 15 is 0 Å². The summed E-state index contributed by atoms with van der Waals surface area (Å²) in [5.41, 5.74) is 1.66. The number of rotatable bonds is 6. The molecule has 1 amide bonds. The van der Waals surface area contributed by atoms with Crippen LogP contribution in [0.5, 0.6) is 5.75 Å². The second-order valence-electron chi connectivity index (χ2n) is 6.45. The maximum atomic E-state index is 12.9. The monoisotopic (exact) mass is 379 g/mol.